The van der Waals surface area contributed by atoms with Gasteiger partial charge in [0.2, 0.25) is 0 Å². The molecule has 0 unspecified atom stereocenters. The molecule has 1 aliphatic carbocycles. The average Bonchev–Trinajstić information content (AvgIpc) is 2.55. The van der Waals surface area contributed by atoms with E-state index in [2.05, 4.69) is 10.1 Å². The minimum atomic E-state index is 0.578. The zero-order valence-electron chi connectivity index (χ0n) is 8.06. The van der Waals surface area contributed by atoms with Crippen LogP contribution in [0, 0.1) is 0 Å². The van der Waals surface area contributed by atoms with E-state index < -0.39 is 0 Å². The molecule has 0 aromatic carbocycles. The van der Waals surface area contributed by atoms with E-state index in [9.17, 15) is 5.21 Å². The number of hydrogen-bond acceptors (Lipinski definition) is 4. The first-order valence-corrected chi connectivity index (χ1v) is 4.79. The van der Waals surface area contributed by atoms with Gasteiger partial charge in [-0.2, -0.15) is 4.73 Å². The quantitative estimate of drug-likeness (QED) is 0.402. The van der Waals surface area contributed by atoms with Crippen molar-refractivity contribution in [3.8, 4) is 0 Å². The summed E-state index contributed by atoms with van der Waals surface area (Å²) in [5, 5.41) is 21.7. The summed E-state index contributed by atoms with van der Waals surface area (Å²) >= 11 is 0. The van der Waals surface area contributed by atoms with Crippen LogP contribution in [0.25, 0.3) is 0 Å². The van der Waals surface area contributed by atoms with E-state index >= 15 is 0 Å². The van der Waals surface area contributed by atoms with Crippen LogP contribution in [0.15, 0.2) is 5.16 Å². The SMILES string of the molecule is CCc1nc2c(n1O)CCC/C2=N/O. The number of fused-ring (bicyclic) bond motifs is 1. The van der Waals surface area contributed by atoms with Gasteiger partial charge in [0.15, 0.2) is 0 Å². The lowest BCUT2D eigenvalue weighted by atomic mass is 9.99. The first-order chi connectivity index (χ1) is 6.77. The van der Waals surface area contributed by atoms with Gasteiger partial charge in [-0.25, -0.2) is 4.98 Å². The molecule has 0 bridgehead atoms. The Kier molecular flexibility index (Phi) is 2.15. The van der Waals surface area contributed by atoms with E-state index in [4.69, 9.17) is 5.21 Å². The van der Waals surface area contributed by atoms with Crippen molar-refractivity contribution in [1.29, 1.82) is 0 Å². The lowest BCUT2D eigenvalue weighted by Gasteiger charge is -2.11. The maximum atomic E-state index is 9.71. The molecule has 0 saturated carbocycles. The molecule has 0 saturated heterocycles. The molecule has 5 nitrogen and oxygen atoms in total. The summed E-state index contributed by atoms with van der Waals surface area (Å²) in [7, 11) is 0. The van der Waals surface area contributed by atoms with E-state index in [1.165, 1.54) is 0 Å². The number of oxime groups is 1. The number of aromatic nitrogens is 2. The van der Waals surface area contributed by atoms with Gasteiger partial charge in [-0.15, -0.1) is 0 Å². The summed E-state index contributed by atoms with van der Waals surface area (Å²) < 4.78 is 1.12. The fourth-order valence-electron chi connectivity index (χ4n) is 1.82. The maximum Gasteiger partial charge on any atom is 0.145 e. The zero-order chi connectivity index (χ0) is 10.1. The number of aryl methyl sites for hydroxylation is 1. The molecule has 0 spiro atoms. The van der Waals surface area contributed by atoms with Crippen LogP contribution in [-0.4, -0.2) is 25.8 Å². The molecule has 1 aromatic heterocycles. The summed E-state index contributed by atoms with van der Waals surface area (Å²) in [6, 6.07) is 0. The Balaban J connectivity index is 2.54. The fourth-order valence-corrected chi connectivity index (χ4v) is 1.82. The van der Waals surface area contributed by atoms with Gasteiger partial charge in [0, 0.05) is 6.42 Å². The summed E-state index contributed by atoms with van der Waals surface area (Å²) in [5.74, 6) is 0.623. The van der Waals surface area contributed by atoms with Gasteiger partial charge in [0.1, 0.15) is 17.2 Å². The van der Waals surface area contributed by atoms with E-state index in [1.54, 1.807) is 0 Å². The molecule has 0 aliphatic heterocycles. The Bertz CT molecular complexity index is 382. The second-order valence-electron chi connectivity index (χ2n) is 3.39. The molecule has 0 fully saturated rings. The summed E-state index contributed by atoms with van der Waals surface area (Å²) in [6.07, 6.45) is 3.07. The van der Waals surface area contributed by atoms with Crippen molar-refractivity contribution in [2.45, 2.75) is 32.6 Å². The van der Waals surface area contributed by atoms with Gasteiger partial charge in [0.05, 0.1) is 5.69 Å². The molecule has 1 aromatic rings. The van der Waals surface area contributed by atoms with Crippen molar-refractivity contribution < 1.29 is 10.4 Å². The summed E-state index contributed by atoms with van der Waals surface area (Å²) in [4.78, 5) is 4.24. The lowest BCUT2D eigenvalue weighted by molar-refractivity contribution is 0.166. The van der Waals surface area contributed by atoms with E-state index in [-0.39, 0.29) is 0 Å². The number of rotatable bonds is 1. The van der Waals surface area contributed by atoms with Crippen LogP contribution in [0.3, 0.4) is 0 Å². The van der Waals surface area contributed by atoms with Crippen LogP contribution in [-0.2, 0) is 12.8 Å². The third-order valence-corrected chi connectivity index (χ3v) is 2.55. The Hall–Kier alpha value is -1.52. The summed E-state index contributed by atoms with van der Waals surface area (Å²) in [5.41, 5.74) is 1.99. The highest BCUT2D eigenvalue weighted by Gasteiger charge is 2.24. The second kappa shape index (κ2) is 3.32. The molecule has 2 rings (SSSR count). The van der Waals surface area contributed by atoms with Gasteiger partial charge in [-0.3, -0.25) is 0 Å². The van der Waals surface area contributed by atoms with E-state index in [0.717, 1.165) is 29.7 Å². The minimum absolute atomic E-state index is 0.578. The van der Waals surface area contributed by atoms with Crippen LogP contribution in [0.2, 0.25) is 0 Å². The van der Waals surface area contributed by atoms with Crippen LogP contribution in [0.1, 0.15) is 37.0 Å². The van der Waals surface area contributed by atoms with Crippen LogP contribution in [0.4, 0.5) is 0 Å². The second-order valence-corrected chi connectivity index (χ2v) is 3.39. The first-order valence-electron chi connectivity index (χ1n) is 4.79. The molecule has 76 valence electrons. The number of hydrogen-bond donors (Lipinski definition) is 2. The van der Waals surface area contributed by atoms with Crippen LogP contribution in [0.5, 0.6) is 0 Å². The zero-order valence-corrected chi connectivity index (χ0v) is 8.06. The predicted octanol–water partition coefficient (Wildman–Crippen LogP) is 1.20. The van der Waals surface area contributed by atoms with Crippen molar-refractivity contribution in [1.82, 2.24) is 9.71 Å². The van der Waals surface area contributed by atoms with Crippen molar-refractivity contribution in [2.75, 3.05) is 0 Å². The maximum absolute atomic E-state index is 9.71. The minimum Gasteiger partial charge on any atom is -0.427 e. The standard InChI is InChI=1S/C9H13N3O2/c1-2-8-10-9-6(11-13)4-3-5-7(9)12(8)14/h13-14H,2-5H2,1H3/b11-6-. The van der Waals surface area contributed by atoms with Crippen molar-refractivity contribution >= 4 is 5.71 Å². The van der Waals surface area contributed by atoms with Crippen molar-refractivity contribution in [3.63, 3.8) is 0 Å². The highest BCUT2D eigenvalue weighted by molar-refractivity contribution is 6.00. The smallest absolute Gasteiger partial charge is 0.145 e. The topological polar surface area (TPSA) is 70.6 Å². The Morgan fingerprint density at radius 3 is 2.93 bits per heavy atom. The molecule has 1 aliphatic rings. The first kappa shape index (κ1) is 9.05. The molecule has 0 radical (unpaired) electrons. The Labute approximate surface area is 81.6 Å². The summed E-state index contributed by atoms with van der Waals surface area (Å²) in [6.45, 7) is 1.93. The molecular weight excluding hydrogens is 182 g/mol. The van der Waals surface area contributed by atoms with Crippen molar-refractivity contribution in [2.24, 2.45) is 5.16 Å². The number of imidazole rings is 1. The van der Waals surface area contributed by atoms with Crippen molar-refractivity contribution in [3.05, 3.63) is 17.2 Å². The normalized spacial score (nSPS) is 18.5. The highest BCUT2D eigenvalue weighted by atomic mass is 16.5. The van der Waals surface area contributed by atoms with Gasteiger partial charge in [-0.05, 0) is 19.3 Å². The highest BCUT2D eigenvalue weighted by Crippen LogP contribution is 2.21. The van der Waals surface area contributed by atoms with Gasteiger partial charge >= 0.3 is 0 Å². The largest absolute Gasteiger partial charge is 0.427 e. The number of nitrogens with zero attached hydrogens (tertiary/aromatic N) is 3. The van der Waals surface area contributed by atoms with Gasteiger partial charge in [-0.1, -0.05) is 12.1 Å². The van der Waals surface area contributed by atoms with E-state index in [0.29, 0.717) is 23.7 Å². The Morgan fingerprint density at radius 2 is 2.29 bits per heavy atom. The Morgan fingerprint density at radius 1 is 1.50 bits per heavy atom. The van der Waals surface area contributed by atoms with E-state index in [1.807, 2.05) is 6.92 Å². The van der Waals surface area contributed by atoms with Gasteiger partial charge in [0.25, 0.3) is 0 Å². The molecule has 14 heavy (non-hydrogen) atoms. The predicted molar refractivity (Wildman–Crippen MR) is 50.1 cm³/mol. The molecule has 0 amide bonds. The third kappa shape index (κ3) is 1.16. The lowest BCUT2D eigenvalue weighted by Crippen LogP contribution is -2.13. The fraction of sp³-hybridized carbons (Fsp3) is 0.556. The van der Waals surface area contributed by atoms with Crippen LogP contribution >= 0.6 is 0 Å². The average molecular weight is 195 g/mol. The third-order valence-electron chi connectivity index (χ3n) is 2.55. The molecule has 2 N–H and O–H groups in total. The van der Waals surface area contributed by atoms with Gasteiger partial charge < -0.3 is 10.4 Å². The van der Waals surface area contributed by atoms with Crippen LogP contribution < -0.4 is 0 Å². The molecule has 1 heterocycles. The molecule has 0 atom stereocenters. The molecular formula is C9H13N3O2. The monoisotopic (exact) mass is 195 g/mol. The molecule has 5 heteroatoms.